The van der Waals surface area contributed by atoms with E-state index in [1.807, 2.05) is 9.62 Å². The summed E-state index contributed by atoms with van der Waals surface area (Å²) in [6.45, 7) is 6.20. The SMILES string of the molecule is C[C@@H]1CCCN(C2CCOC3(C2)CN(c2cc(Cl)c(S(=O)(=O)Nc4cccc(F)n4)c(F)c2Cl)C3)C1. The Morgan fingerprint density at radius 2 is 2.00 bits per heavy atom. The molecule has 2 atom stereocenters. The van der Waals surface area contributed by atoms with Crippen LogP contribution in [0.3, 0.4) is 0 Å². The third kappa shape index (κ3) is 5.03. The van der Waals surface area contributed by atoms with Crippen LogP contribution < -0.4 is 9.62 Å². The number of hydrogen-bond donors (Lipinski definition) is 1. The number of anilines is 2. The average molecular weight is 561 g/mol. The van der Waals surface area contributed by atoms with Crippen LogP contribution >= 0.6 is 23.2 Å². The highest BCUT2D eigenvalue weighted by atomic mass is 35.5. The van der Waals surface area contributed by atoms with E-state index in [9.17, 15) is 12.8 Å². The van der Waals surface area contributed by atoms with Crippen molar-refractivity contribution in [3.8, 4) is 0 Å². The van der Waals surface area contributed by atoms with Gasteiger partial charge in [-0.1, -0.05) is 36.2 Å². The van der Waals surface area contributed by atoms with E-state index in [1.54, 1.807) is 0 Å². The standard InChI is InChI=1S/C24H28Cl2F2N4O3S/c1-15-4-3-8-31(12-15)16-7-9-35-24(11-16)13-32(14-24)18-10-17(25)23(22(28)21(18)26)36(33,34)30-20-6-2-5-19(27)29-20/h2,5-6,10,15-16H,3-4,7-9,11-14H2,1H3,(H,29,30)/t15-,16?/m1/s1. The molecule has 3 saturated heterocycles. The molecule has 0 amide bonds. The fourth-order valence-electron chi connectivity index (χ4n) is 5.61. The van der Waals surface area contributed by atoms with Gasteiger partial charge in [-0.25, -0.2) is 17.8 Å². The average Bonchev–Trinajstić information content (AvgIpc) is 2.79. The summed E-state index contributed by atoms with van der Waals surface area (Å²) in [7, 11) is -4.52. The maximum atomic E-state index is 15.3. The van der Waals surface area contributed by atoms with Crippen molar-refractivity contribution < 1.29 is 21.9 Å². The molecule has 12 heteroatoms. The largest absolute Gasteiger partial charge is 0.371 e. The zero-order valence-corrected chi connectivity index (χ0v) is 22.1. The van der Waals surface area contributed by atoms with Crippen molar-refractivity contribution >= 4 is 44.7 Å². The van der Waals surface area contributed by atoms with Crippen molar-refractivity contribution in [2.75, 3.05) is 42.4 Å². The number of hydrogen-bond acceptors (Lipinski definition) is 6. The lowest BCUT2D eigenvalue weighted by molar-refractivity contribution is -0.123. The van der Waals surface area contributed by atoms with Crippen molar-refractivity contribution in [1.29, 1.82) is 0 Å². The molecule has 7 nitrogen and oxygen atoms in total. The third-order valence-corrected chi connectivity index (χ3v) is 9.47. The van der Waals surface area contributed by atoms with Crippen LogP contribution in [0.1, 0.15) is 32.6 Å². The summed E-state index contributed by atoms with van der Waals surface area (Å²) in [5.41, 5.74) is -0.0319. The quantitative estimate of drug-likeness (QED) is 0.412. The van der Waals surface area contributed by atoms with Crippen molar-refractivity contribution in [2.45, 2.75) is 49.1 Å². The number of piperidine rings is 1. The van der Waals surface area contributed by atoms with Crippen LogP contribution in [0.25, 0.3) is 0 Å². The first-order valence-electron chi connectivity index (χ1n) is 12.0. The molecule has 1 unspecified atom stereocenters. The van der Waals surface area contributed by atoms with Crippen LogP contribution in [0.5, 0.6) is 0 Å². The van der Waals surface area contributed by atoms with Gasteiger partial charge in [0.15, 0.2) is 5.82 Å². The second kappa shape index (κ2) is 9.87. The molecular formula is C24H28Cl2F2N4O3S. The molecule has 3 fully saturated rings. The molecule has 36 heavy (non-hydrogen) atoms. The normalized spacial score (nSPS) is 24.5. The van der Waals surface area contributed by atoms with Gasteiger partial charge < -0.3 is 9.64 Å². The smallest absolute Gasteiger partial charge is 0.267 e. The molecule has 1 N–H and O–H groups in total. The van der Waals surface area contributed by atoms with Crippen LogP contribution in [-0.2, 0) is 14.8 Å². The molecule has 0 aliphatic carbocycles. The van der Waals surface area contributed by atoms with E-state index in [0.29, 0.717) is 37.3 Å². The number of pyridine rings is 1. The van der Waals surface area contributed by atoms with E-state index in [2.05, 4.69) is 16.8 Å². The fraction of sp³-hybridized carbons (Fsp3) is 0.542. The van der Waals surface area contributed by atoms with Crippen molar-refractivity contribution in [1.82, 2.24) is 9.88 Å². The zero-order chi connectivity index (χ0) is 25.7. The number of nitrogens with one attached hydrogen (secondary N) is 1. The molecule has 2 aromatic rings. The maximum absolute atomic E-state index is 15.3. The minimum absolute atomic E-state index is 0.303. The maximum Gasteiger partial charge on any atom is 0.267 e. The first-order chi connectivity index (χ1) is 17.1. The van der Waals surface area contributed by atoms with E-state index in [0.717, 1.165) is 32.0 Å². The molecular weight excluding hydrogens is 533 g/mol. The molecule has 3 aliphatic heterocycles. The van der Waals surface area contributed by atoms with E-state index in [4.69, 9.17) is 27.9 Å². The molecule has 0 radical (unpaired) electrons. The Hall–Kier alpha value is -1.72. The molecule has 3 aliphatic rings. The number of aromatic nitrogens is 1. The number of nitrogens with zero attached hydrogens (tertiary/aromatic N) is 3. The topological polar surface area (TPSA) is 74.8 Å². The van der Waals surface area contributed by atoms with Gasteiger partial charge in [0, 0.05) is 32.3 Å². The summed E-state index contributed by atoms with van der Waals surface area (Å²) in [5, 5.41) is -0.680. The third-order valence-electron chi connectivity index (χ3n) is 7.29. The lowest BCUT2D eigenvalue weighted by Gasteiger charge is -2.56. The summed E-state index contributed by atoms with van der Waals surface area (Å²) >= 11 is 12.6. The van der Waals surface area contributed by atoms with Gasteiger partial charge in [0.05, 0.1) is 10.7 Å². The Morgan fingerprint density at radius 1 is 1.22 bits per heavy atom. The van der Waals surface area contributed by atoms with Crippen LogP contribution in [0.15, 0.2) is 29.2 Å². The summed E-state index contributed by atoms with van der Waals surface area (Å²) in [4.78, 5) is 7.06. The van der Waals surface area contributed by atoms with E-state index in [1.165, 1.54) is 31.0 Å². The lowest BCUT2D eigenvalue weighted by atomic mass is 9.82. The Kier molecular flexibility index (Phi) is 7.10. The van der Waals surface area contributed by atoms with Crippen LogP contribution in [0.2, 0.25) is 10.0 Å². The van der Waals surface area contributed by atoms with Gasteiger partial charge in [0.25, 0.3) is 10.0 Å². The van der Waals surface area contributed by atoms with Gasteiger partial charge in [0.1, 0.15) is 21.3 Å². The zero-order valence-electron chi connectivity index (χ0n) is 19.8. The number of benzene rings is 1. The minimum Gasteiger partial charge on any atom is -0.371 e. The van der Waals surface area contributed by atoms with E-state index in [-0.39, 0.29) is 21.5 Å². The monoisotopic (exact) mass is 560 g/mol. The van der Waals surface area contributed by atoms with Crippen molar-refractivity contribution in [3.63, 3.8) is 0 Å². The Labute approximate surface area is 219 Å². The molecule has 0 bridgehead atoms. The minimum atomic E-state index is -4.52. The van der Waals surface area contributed by atoms with Crippen molar-refractivity contribution in [2.24, 2.45) is 5.92 Å². The second-order valence-corrected chi connectivity index (χ2v) is 12.5. The molecule has 196 valence electrons. The summed E-state index contributed by atoms with van der Waals surface area (Å²) in [6, 6.07) is 5.37. The fourth-order valence-corrected chi connectivity index (χ4v) is 7.57. The Bertz CT molecular complexity index is 1260. The number of rotatable bonds is 5. The highest BCUT2D eigenvalue weighted by Crippen LogP contribution is 2.44. The van der Waals surface area contributed by atoms with Crippen LogP contribution in [0, 0.1) is 17.7 Å². The Balaban J connectivity index is 1.32. The second-order valence-electron chi connectivity index (χ2n) is 10.1. The molecule has 1 spiro atoms. The lowest BCUT2D eigenvalue weighted by Crippen LogP contribution is -2.67. The highest BCUT2D eigenvalue weighted by Gasteiger charge is 2.49. The number of ether oxygens (including phenoxy) is 1. The summed E-state index contributed by atoms with van der Waals surface area (Å²) < 4.78 is 62.5. The predicted octanol–water partition coefficient (Wildman–Crippen LogP) is 4.94. The Morgan fingerprint density at radius 3 is 2.72 bits per heavy atom. The first-order valence-corrected chi connectivity index (χ1v) is 14.3. The van der Waals surface area contributed by atoms with Gasteiger partial charge in [-0.05, 0) is 56.3 Å². The van der Waals surface area contributed by atoms with Gasteiger partial charge >= 0.3 is 0 Å². The van der Waals surface area contributed by atoms with Gasteiger partial charge in [-0.3, -0.25) is 9.62 Å². The number of likely N-dealkylation sites (tertiary alicyclic amines) is 1. The molecule has 4 heterocycles. The number of sulfonamides is 1. The van der Waals surface area contributed by atoms with E-state index >= 15 is 4.39 Å². The number of halogens is 4. The molecule has 0 saturated carbocycles. The predicted molar refractivity (Wildman–Crippen MR) is 135 cm³/mol. The van der Waals surface area contributed by atoms with Crippen LogP contribution in [-0.4, -0.2) is 62.7 Å². The van der Waals surface area contributed by atoms with Crippen LogP contribution in [0.4, 0.5) is 20.3 Å². The van der Waals surface area contributed by atoms with E-state index < -0.39 is 26.7 Å². The molecule has 1 aromatic carbocycles. The first kappa shape index (κ1) is 25.9. The summed E-state index contributed by atoms with van der Waals surface area (Å²) in [5.74, 6) is -1.67. The summed E-state index contributed by atoms with van der Waals surface area (Å²) in [6.07, 6.45) is 4.37. The highest BCUT2D eigenvalue weighted by molar-refractivity contribution is 7.92. The van der Waals surface area contributed by atoms with Gasteiger partial charge in [-0.15, -0.1) is 0 Å². The van der Waals surface area contributed by atoms with Gasteiger partial charge in [0.2, 0.25) is 5.95 Å². The van der Waals surface area contributed by atoms with Gasteiger partial charge in [-0.2, -0.15) is 4.39 Å². The molecule has 5 rings (SSSR count). The van der Waals surface area contributed by atoms with Crippen molar-refractivity contribution in [3.05, 3.63) is 46.1 Å². The molecule has 1 aromatic heterocycles.